The normalized spacial score (nSPS) is 21.6. The first-order valence-electron chi connectivity index (χ1n) is 9.72. The van der Waals surface area contributed by atoms with Gasteiger partial charge < -0.3 is 24.8 Å². The van der Waals surface area contributed by atoms with Gasteiger partial charge in [-0.2, -0.15) is 0 Å². The predicted octanol–water partition coefficient (Wildman–Crippen LogP) is 2.35. The van der Waals surface area contributed by atoms with E-state index in [1.807, 2.05) is 13.1 Å². The van der Waals surface area contributed by atoms with Crippen LogP contribution in [0.15, 0.2) is 29.3 Å². The Morgan fingerprint density at radius 3 is 2.67 bits per heavy atom. The third-order valence-electron chi connectivity index (χ3n) is 5.48. The van der Waals surface area contributed by atoms with Gasteiger partial charge in [-0.1, -0.05) is 6.07 Å². The van der Waals surface area contributed by atoms with Gasteiger partial charge in [0.25, 0.3) is 0 Å². The molecule has 1 atom stereocenters. The van der Waals surface area contributed by atoms with Crippen molar-refractivity contribution in [2.75, 3.05) is 71.9 Å². The highest BCUT2D eigenvalue weighted by Gasteiger charge is 2.22. The molecule has 152 valence electrons. The van der Waals surface area contributed by atoms with E-state index in [9.17, 15) is 0 Å². The number of guanidine groups is 1. The number of methoxy groups -OCH3 is 1. The summed E-state index contributed by atoms with van der Waals surface area (Å²) in [4.78, 5) is 11.8. The van der Waals surface area contributed by atoms with E-state index >= 15 is 0 Å². The van der Waals surface area contributed by atoms with E-state index in [-0.39, 0.29) is 24.0 Å². The molecule has 3 rings (SSSR count). The number of aliphatic imine (C=N–C) groups is 1. The number of piperidine rings is 1. The maximum Gasteiger partial charge on any atom is 0.193 e. The number of rotatable bonds is 4. The monoisotopic (exact) mass is 487 g/mol. The smallest absolute Gasteiger partial charge is 0.193 e. The fourth-order valence-corrected chi connectivity index (χ4v) is 3.99. The third kappa shape index (κ3) is 6.14. The second kappa shape index (κ2) is 10.9. The van der Waals surface area contributed by atoms with Gasteiger partial charge in [0.15, 0.2) is 5.96 Å². The highest BCUT2D eigenvalue weighted by molar-refractivity contribution is 14.0. The number of ether oxygens (including phenoxy) is 1. The van der Waals surface area contributed by atoms with E-state index in [1.165, 1.54) is 31.6 Å². The maximum atomic E-state index is 5.35. The molecule has 0 spiro atoms. The van der Waals surface area contributed by atoms with Crippen LogP contribution in [0.3, 0.4) is 0 Å². The summed E-state index contributed by atoms with van der Waals surface area (Å²) in [6.07, 6.45) is 2.62. The molecule has 2 aliphatic heterocycles. The molecular weight excluding hydrogens is 453 g/mol. The lowest BCUT2D eigenvalue weighted by Gasteiger charge is -2.38. The summed E-state index contributed by atoms with van der Waals surface area (Å²) >= 11 is 0. The lowest BCUT2D eigenvalue weighted by Crippen LogP contribution is -2.53. The Labute approximate surface area is 181 Å². The number of hydrogen-bond donors (Lipinski definition) is 1. The standard InChI is InChI=1S/C20H33N5O.HI/c1-21-20(22-15-17-6-5-9-23(2)16-17)25-12-10-24(11-13-25)18-7-4-8-19(14-18)26-3;/h4,7-8,14,17H,5-6,9-13,15-16H2,1-3H3,(H,21,22);1H. The topological polar surface area (TPSA) is 43.3 Å². The minimum atomic E-state index is 0. The summed E-state index contributed by atoms with van der Waals surface area (Å²) in [5, 5.41) is 3.61. The van der Waals surface area contributed by atoms with E-state index in [0.717, 1.165) is 50.4 Å². The van der Waals surface area contributed by atoms with Gasteiger partial charge in [-0.3, -0.25) is 4.99 Å². The Balaban J connectivity index is 0.00000261. The Kier molecular flexibility index (Phi) is 8.95. The molecule has 1 unspecified atom stereocenters. The number of halogens is 1. The summed E-state index contributed by atoms with van der Waals surface area (Å²) in [7, 11) is 5.83. The lowest BCUT2D eigenvalue weighted by molar-refractivity contribution is 0.209. The minimum Gasteiger partial charge on any atom is -0.497 e. The van der Waals surface area contributed by atoms with Crippen molar-refractivity contribution >= 4 is 35.6 Å². The fraction of sp³-hybridized carbons (Fsp3) is 0.650. The van der Waals surface area contributed by atoms with E-state index in [4.69, 9.17) is 4.74 Å². The van der Waals surface area contributed by atoms with Crippen molar-refractivity contribution in [2.45, 2.75) is 12.8 Å². The number of piperazine rings is 1. The molecule has 2 fully saturated rings. The number of nitrogens with zero attached hydrogens (tertiary/aromatic N) is 4. The Morgan fingerprint density at radius 1 is 1.22 bits per heavy atom. The summed E-state index contributed by atoms with van der Waals surface area (Å²) in [6, 6.07) is 8.32. The van der Waals surface area contributed by atoms with Crippen LogP contribution in [0.25, 0.3) is 0 Å². The molecule has 2 heterocycles. The van der Waals surface area contributed by atoms with Crippen LogP contribution in [-0.4, -0.2) is 82.8 Å². The predicted molar refractivity (Wildman–Crippen MR) is 124 cm³/mol. The van der Waals surface area contributed by atoms with Crippen LogP contribution in [0.5, 0.6) is 5.75 Å². The second-order valence-corrected chi connectivity index (χ2v) is 7.37. The van der Waals surface area contributed by atoms with Gasteiger partial charge in [0.2, 0.25) is 0 Å². The van der Waals surface area contributed by atoms with Crippen molar-refractivity contribution < 1.29 is 4.74 Å². The summed E-state index contributed by atoms with van der Waals surface area (Å²) in [5.41, 5.74) is 1.23. The van der Waals surface area contributed by atoms with Crippen molar-refractivity contribution in [2.24, 2.45) is 10.9 Å². The van der Waals surface area contributed by atoms with Crippen LogP contribution in [0.1, 0.15) is 12.8 Å². The van der Waals surface area contributed by atoms with Gasteiger partial charge in [-0.05, 0) is 44.5 Å². The molecule has 1 aromatic carbocycles. The molecule has 0 saturated carbocycles. The van der Waals surface area contributed by atoms with Crippen LogP contribution in [0.4, 0.5) is 5.69 Å². The van der Waals surface area contributed by atoms with Crippen LogP contribution >= 0.6 is 24.0 Å². The molecule has 0 aliphatic carbocycles. The largest absolute Gasteiger partial charge is 0.497 e. The molecule has 0 bridgehead atoms. The van der Waals surface area contributed by atoms with Crippen molar-refractivity contribution in [1.29, 1.82) is 0 Å². The first-order chi connectivity index (χ1) is 12.7. The molecule has 7 heteroatoms. The quantitative estimate of drug-likeness (QED) is 0.402. The maximum absolute atomic E-state index is 5.35. The third-order valence-corrected chi connectivity index (χ3v) is 5.48. The molecule has 27 heavy (non-hydrogen) atoms. The van der Waals surface area contributed by atoms with Crippen molar-refractivity contribution in [3.63, 3.8) is 0 Å². The number of nitrogens with one attached hydrogen (secondary N) is 1. The lowest BCUT2D eigenvalue weighted by atomic mass is 9.98. The zero-order chi connectivity index (χ0) is 18.4. The zero-order valence-electron chi connectivity index (χ0n) is 16.9. The number of likely N-dealkylation sites (tertiary alicyclic amines) is 1. The van der Waals surface area contributed by atoms with Crippen LogP contribution in [0, 0.1) is 5.92 Å². The van der Waals surface area contributed by atoms with Gasteiger partial charge in [0.05, 0.1) is 7.11 Å². The van der Waals surface area contributed by atoms with Crippen molar-refractivity contribution in [3.05, 3.63) is 24.3 Å². The highest BCUT2D eigenvalue weighted by Crippen LogP contribution is 2.22. The Morgan fingerprint density at radius 2 is 2.00 bits per heavy atom. The van der Waals surface area contributed by atoms with E-state index in [2.05, 4.69) is 50.3 Å². The summed E-state index contributed by atoms with van der Waals surface area (Å²) in [5.74, 6) is 2.69. The van der Waals surface area contributed by atoms with Gasteiger partial charge >= 0.3 is 0 Å². The Bertz CT molecular complexity index is 604. The van der Waals surface area contributed by atoms with E-state index in [0.29, 0.717) is 0 Å². The zero-order valence-corrected chi connectivity index (χ0v) is 19.2. The van der Waals surface area contributed by atoms with Gasteiger partial charge in [-0.25, -0.2) is 0 Å². The minimum absolute atomic E-state index is 0. The molecule has 0 aromatic heterocycles. The molecule has 6 nitrogen and oxygen atoms in total. The van der Waals surface area contributed by atoms with Crippen LogP contribution < -0.4 is 15.0 Å². The average molecular weight is 487 g/mol. The van der Waals surface area contributed by atoms with Crippen LogP contribution in [-0.2, 0) is 0 Å². The molecule has 2 saturated heterocycles. The van der Waals surface area contributed by atoms with E-state index in [1.54, 1.807) is 7.11 Å². The average Bonchev–Trinajstić information content (AvgIpc) is 2.69. The summed E-state index contributed by atoms with van der Waals surface area (Å²) in [6.45, 7) is 7.42. The molecule has 0 amide bonds. The number of hydrogen-bond acceptors (Lipinski definition) is 4. The van der Waals surface area contributed by atoms with Gasteiger partial charge in [0, 0.05) is 58.1 Å². The van der Waals surface area contributed by atoms with Crippen molar-refractivity contribution in [3.8, 4) is 5.75 Å². The SMILES string of the molecule is CN=C(NCC1CCCN(C)C1)N1CCN(c2cccc(OC)c2)CC1.I. The summed E-state index contributed by atoms with van der Waals surface area (Å²) < 4.78 is 5.35. The number of benzene rings is 1. The Hall–Kier alpha value is -1.22. The molecule has 1 N–H and O–H groups in total. The fourth-order valence-electron chi connectivity index (χ4n) is 3.99. The van der Waals surface area contributed by atoms with Gasteiger partial charge in [-0.15, -0.1) is 24.0 Å². The number of anilines is 1. The molecular formula is C20H34IN5O. The van der Waals surface area contributed by atoms with E-state index < -0.39 is 0 Å². The van der Waals surface area contributed by atoms with Crippen LogP contribution in [0.2, 0.25) is 0 Å². The first kappa shape index (κ1) is 22.1. The van der Waals surface area contributed by atoms with Gasteiger partial charge in [0.1, 0.15) is 5.75 Å². The second-order valence-electron chi connectivity index (χ2n) is 7.37. The molecule has 1 aromatic rings. The molecule has 2 aliphatic rings. The highest BCUT2D eigenvalue weighted by atomic mass is 127. The first-order valence-corrected chi connectivity index (χ1v) is 9.72. The molecule has 0 radical (unpaired) electrons. The van der Waals surface area contributed by atoms with Crippen molar-refractivity contribution in [1.82, 2.24) is 15.1 Å².